The second kappa shape index (κ2) is 9.43. The number of alkyl halides is 3. The number of fused-ring (bicyclic) bond motifs is 3. The van der Waals surface area contributed by atoms with Crippen molar-refractivity contribution in [3.63, 3.8) is 0 Å². The third-order valence-corrected chi connectivity index (χ3v) is 6.88. The van der Waals surface area contributed by atoms with Crippen LogP contribution in [0.5, 0.6) is 0 Å². The standard InChI is InChI=1S/C25H23ClF3N7O2/c1-12-6-16(24(38)34-18-5-3-4-17(26)33-18)35(9-12)19(37)10-36-21-13(2)7-14(25(27,28)29)8-15(21)20-22(30)31-11-32-23(20)36/h3-5,7-8,11-12,16H,6,9-10H2,1-2H3,(H2,30,31,32)(H,33,34,38)/t12-,16-/m0/s1. The minimum atomic E-state index is -4.57. The van der Waals surface area contributed by atoms with E-state index < -0.39 is 23.7 Å². The van der Waals surface area contributed by atoms with Crippen molar-refractivity contribution >= 4 is 57.0 Å². The van der Waals surface area contributed by atoms with Gasteiger partial charge in [-0.2, -0.15) is 13.2 Å². The molecule has 2 amide bonds. The molecule has 0 aliphatic carbocycles. The molecule has 3 N–H and O–H groups in total. The maximum absolute atomic E-state index is 13.6. The molecule has 9 nitrogen and oxygen atoms in total. The molecule has 0 saturated carbocycles. The number of halogens is 4. The van der Waals surface area contributed by atoms with E-state index in [1.807, 2.05) is 6.92 Å². The molecule has 4 heterocycles. The van der Waals surface area contributed by atoms with E-state index >= 15 is 0 Å². The van der Waals surface area contributed by atoms with Gasteiger partial charge in [0, 0.05) is 11.9 Å². The topological polar surface area (TPSA) is 119 Å². The molecule has 0 spiro atoms. The number of rotatable bonds is 4. The van der Waals surface area contributed by atoms with Crippen LogP contribution in [0, 0.1) is 12.8 Å². The van der Waals surface area contributed by atoms with Crippen LogP contribution in [0.2, 0.25) is 5.15 Å². The first-order chi connectivity index (χ1) is 17.9. The summed E-state index contributed by atoms with van der Waals surface area (Å²) in [5.41, 5.74) is 6.15. The Kier molecular flexibility index (Phi) is 6.38. The molecule has 1 aliphatic rings. The quantitative estimate of drug-likeness (QED) is 0.366. The van der Waals surface area contributed by atoms with Crippen LogP contribution in [0.15, 0.2) is 36.7 Å². The lowest BCUT2D eigenvalue weighted by atomic mass is 10.1. The number of nitrogens with one attached hydrogen (secondary N) is 1. The van der Waals surface area contributed by atoms with Gasteiger partial charge in [-0.15, -0.1) is 0 Å². The van der Waals surface area contributed by atoms with Crippen molar-refractivity contribution in [2.24, 2.45) is 5.92 Å². The van der Waals surface area contributed by atoms with Gasteiger partial charge in [-0.25, -0.2) is 15.0 Å². The third kappa shape index (κ3) is 4.60. The maximum Gasteiger partial charge on any atom is 0.416 e. The Morgan fingerprint density at radius 1 is 1.24 bits per heavy atom. The van der Waals surface area contributed by atoms with Crippen molar-refractivity contribution in [3.8, 4) is 0 Å². The zero-order chi connectivity index (χ0) is 27.4. The van der Waals surface area contributed by atoms with Crippen molar-refractivity contribution in [3.05, 3.63) is 52.9 Å². The van der Waals surface area contributed by atoms with Crippen molar-refractivity contribution in [2.75, 3.05) is 17.6 Å². The number of nitrogen functional groups attached to an aromatic ring is 1. The number of hydrogen-bond acceptors (Lipinski definition) is 6. The highest BCUT2D eigenvalue weighted by molar-refractivity contribution is 6.29. The summed E-state index contributed by atoms with van der Waals surface area (Å²) in [6.45, 7) is 3.55. The zero-order valence-corrected chi connectivity index (χ0v) is 21.1. The van der Waals surface area contributed by atoms with Crippen LogP contribution in [0.3, 0.4) is 0 Å². The third-order valence-electron chi connectivity index (χ3n) is 6.67. The Morgan fingerprint density at radius 2 is 2.00 bits per heavy atom. The number of aromatic nitrogens is 4. The van der Waals surface area contributed by atoms with Gasteiger partial charge in [0.1, 0.15) is 41.3 Å². The van der Waals surface area contributed by atoms with Gasteiger partial charge in [-0.1, -0.05) is 24.6 Å². The molecule has 1 fully saturated rings. The normalized spacial score (nSPS) is 17.9. The SMILES string of the molecule is Cc1cc(C(F)(F)F)cc2c3c(N)ncnc3n(CC(=O)N3C[C@@H](C)C[C@H]3C(=O)Nc3cccc(Cl)n3)c12. The van der Waals surface area contributed by atoms with Crippen molar-refractivity contribution in [1.82, 2.24) is 24.4 Å². The monoisotopic (exact) mass is 545 g/mol. The molecule has 1 saturated heterocycles. The van der Waals surface area contributed by atoms with E-state index in [1.54, 1.807) is 18.2 Å². The van der Waals surface area contributed by atoms with E-state index in [4.69, 9.17) is 17.3 Å². The molecule has 2 atom stereocenters. The Balaban J connectivity index is 1.52. The summed E-state index contributed by atoms with van der Waals surface area (Å²) in [7, 11) is 0. The van der Waals surface area contributed by atoms with Gasteiger partial charge in [-0.05, 0) is 49.1 Å². The number of hydrogen-bond donors (Lipinski definition) is 2. The minimum absolute atomic E-state index is 0.00555. The average Bonchev–Trinajstić information content (AvgIpc) is 3.38. The summed E-state index contributed by atoms with van der Waals surface area (Å²) in [5, 5.41) is 3.36. The van der Waals surface area contributed by atoms with E-state index in [0.29, 0.717) is 24.0 Å². The molecule has 13 heteroatoms. The number of carbonyl (C=O) groups excluding carboxylic acids is 2. The molecule has 4 aromatic rings. The Bertz CT molecular complexity index is 1590. The van der Waals surface area contributed by atoms with Crippen LogP contribution in [-0.4, -0.2) is 48.8 Å². The zero-order valence-electron chi connectivity index (χ0n) is 20.4. The molecule has 3 aromatic heterocycles. The van der Waals surface area contributed by atoms with Crippen LogP contribution in [0.4, 0.5) is 24.8 Å². The maximum atomic E-state index is 13.6. The smallest absolute Gasteiger partial charge is 0.383 e. The summed E-state index contributed by atoms with van der Waals surface area (Å²) in [6.07, 6.45) is -2.93. The summed E-state index contributed by atoms with van der Waals surface area (Å²) in [5.74, 6) is -0.471. The summed E-state index contributed by atoms with van der Waals surface area (Å²) < 4.78 is 42.3. The first-order valence-electron chi connectivity index (χ1n) is 11.8. The Hall–Kier alpha value is -3.93. The van der Waals surface area contributed by atoms with E-state index in [9.17, 15) is 22.8 Å². The number of amides is 2. The first kappa shape index (κ1) is 25.7. The average molecular weight is 546 g/mol. The van der Waals surface area contributed by atoms with E-state index in [1.165, 1.54) is 22.7 Å². The van der Waals surface area contributed by atoms with E-state index in [2.05, 4.69) is 20.3 Å². The molecular weight excluding hydrogens is 523 g/mol. The first-order valence-corrected chi connectivity index (χ1v) is 12.1. The molecule has 0 unspecified atom stereocenters. The van der Waals surface area contributed by atoms with Crippen molar-refractivity contribution in [2.45, 2.75) is 39.0 Å². The van der Waals surface area contributed by atoms with Crippen LogP contribution >= 0.6 is 11.6 Å². The molecule has 1 aliphatic heterocycles. The summed E-state index contributed by atoms with van der Waals surface area (Å²) in [6, 6.07) is 6.08. The van der Waals surface area contributed by atoms with Gasteiger partial charge in [0.2, 0.25) is 11.8 Å². The lowest BCUT2D eigenvalue weighted by Crippen LogP contribution is -2.44. The number of nitrogens with zero attached hydrogens (tertiary/aromatic N) is 5. The van der Waals surface area contributed by atoms with Gasteiger partial charge in [0.25, 0.3) is 0 Å². The second-order valence-electron chi connectivity index (χ2n) is 9.47. The van der Waals surface area contributed by atoms with Gasteiger partial charge in [-0.3, -0.25) is 9.59 Å². The Labute approximate surface area is 219 Å². The van der Waals surface area contributed by atoms with Crippen LogP contribution < -0.4 is 11.1 Å². The number of aryl methyl sites for hydroxylation is 1. The fourth-order valence-corrected chi connectivity index (χ4v) is 5.25. The Morgan fingerprint density at radius 3 is 2.71 bits per heavy atom. The number of nitrogens with two attached hydrogens (primary N) is 1. The van der Waals surface area contributed by atoms with E-state index in [-0.39, 0.29) is 51.6 Å². The molecule has 38 heavy (non-hydrogen) atoms. The lowest BCUT2D eigenvalue weighted by molar-refractivity contribution is -0.137. The fourth-order valence-electron chi connectivity index (χ4n) is 5.09. The number of likely N-dealkylation sites (tertiary alicyclic amines) is 1. The fraction of sp³-hybridized carbons (Fsp3) is 0.320. The van der Waals surface area contributed by atoms with Gasteiger partial charge < -0.3 is 20.5 Å². The molecule has 0 bridgehead atoms. The predicted octanol–water partition coefficient (Wildman–Crippen LogP) is 4.42. The number of anilines is 2. The van der Waals surface area contributed by atoms with Crippen LogP contribution in [0.25, 0.3) is 21.9 Å². The molecular formula is C25H23ClF3N7O2. The molecule has 5 rings (SSSR count). The summed E-state index contributed by atoms with van der Waals surface area (Å²) >= 11 is 5.91. The molecule has 0 radical (unpaired) electrons. The number of benzene rings is 1. The largest absolute Gasteiger partial charge is 0.416 e. The van der Waals surface area contributed by atoms with Crippen molar-refractivity contribution in [1.29, 1.82) is 0 Å². The number of pyridine rings is 1. The van der Waals surface area contributed by atoms with Crippen LogP contribution in [0.1, 0.15) is 24.5 Å². The van der Waals surface area contributed by atoms with Crippen LogP contribution in [-0.2, 0) is 22.3 Å². The van der Waals surface area contributed by atoms with Gasteiger partial charge in [0.05, 0.1) is 16.5 Å². The highest BCUT2D eigenvalue weighted by atomic mass is 35.5. The van der Waals surface area contributed by atoms with Crippen molar-refractivity contribution < 1.29 is 22.8 Å². The molecule has 198 valence electrons. The molecule has 1 aromatic carbocycles. The highest BCUT2D eigenvalue weighted by Crippen LogP contribution is 2.38. The lowest BCUT2D eigenvalue weighted by Gasteiger charge is -2.24. The minimum Gasteiger partial charge on any atom is -0.383 e. The number of carbonyl (C=O) groups is 2. The van der Waals surface area contributed by atoms with Gasteiger partial charge >= 0.3 is 6.18 Å². The van der Waals surface area contributed by atoms with E-state index in [0.717, 1.165) is 12.1 Å². The second-order valence-corrected chi connectivity index (χ2v) is 9.86. The summed E-state index contributed by atoms with van der Waals surface area (Å²) in [4.78, 5) is 40.5. The highest BCUT2D eigenvalue weighted by Gasteiger charge is 2.38. The predicted molar refractivity (Wildman–Crippen MR) is 136 cm³/mol. The van der Waals surface area contributed by atoms with Gasteiger partial charge in [0.15, 0.2) is 0 Å².